The minimum Gasteiger partial charge on any atom is -0.444 e. The predicted octanol–water partition coefficient (Wildman–Crippen LogP) is 2.36. The van der Waals surface area contributed by atoms with Crippen LogP contribution in [0.3, 0.4) is 0 Å². The number of carbonyl (C=O) groups excluding carboxylic acids is 2. The maximum absolute atomic E-state index is 12.1. The van der Waals surface area contributed by atoms with E-state index >= 15 is 0 Å². The van der Waals surface area contributed by atoms with Crippen LogP contribution in [0, 0.1) is 0 Å². The molecule has 1 aromatic heterocycles. The van der Waals surface area contributed by atoms with E-state index in [0.29, 0.717) is 12.0 Å². The molecule has 0 aliphatic carbocycles. The standard InChI is InChI=1S/C14H20N2O3/c1-13(2,3)19-12(18)16(5)14(4,10-17)11-8-6-7-9-15-11/h6-10H,1-5H3. The van der Waals surface area contributed by atoms with E-state index in [1.165, 1.54) is 11.9 Å². The summed E-state index contributed by atoms with van der Waals surface area (Å²) in [4.78, 5) is 28.9. The molecule has 1 atom stereocenters. The van der Waals surface area contributed by atoms with Gasteiger partial charge in [0.15, 0.2) is 6.29 Å². The normalized spacial score (nSPS) is 14.4. The highest BCUT2D eigenvalue weighted by Gasteiger charge is 2.37. The second-order valence-corrected chi connectivity index (χ2v) is 5.52. The summed E-state index contributed by atoms with van der Waals surface area (Å²) in [5, 5.41) is 0. The van der Waals surface area contributed by atoms with Crippen molar-refractivity contribution >= 4 is 12.4 Å². The molecule has 0 aromatic carbocycles. The van der Waals surface area contributed by atoms with Gasteiger partial charge in [0, 0.05) is 13.2 Å². The first-order valence-electron chi connectivity index (χ1n) is 6.05. The molecule has 0 radical (unpaired) electrons. The minimum absolute atomic E-state index is 0.498. The number of pyridine rings is 1. The summed E-state index contributed by atoms with van der Waals surface area (Å²) in [6, 6.07) is 5.23. The van der Waals surface area contributed by atoms with Crippen LogP contribution in [-0.4, -0.2) is 34.9 Å². The number of nitrogens with zero attached hydrogens (tertiary/aromatic N) is 2. The van der Waals surface area contributed by atoms with E-state index < -0.39 is 17.2 Å². The van der Waals surface area contributed by atoms with Gasteiger partial charge in [-0.2, -0.15) is 0 Å². The lowest BCUT2D eigenvalue weighted by molar-refractivity contribution is -0.117. The molecule has 0 spiro atoms. The topological polar surface area (TPSA) is 59.5 Å². The van der Waals surface area contributed by atoms with Crippen molar-refractivity contribution in [3.05, 3.63) is 30.1 Å². The van der Waals surface area contributed by atoms with E-state index in [-0.39, 0.29) is 0 Å². The first-order valence-corrected chi connectivity index (χ1v) is 6.05. The van der Waals surface area contributed by atoms with Crippen LogP contribution in [0.4, 0.5) is 4.79 Å². The van der Waals surface area contributed by atoms with Crippen LogP contribution in [0.5, 0.6) is 0 Å². The molecule has 1 rings (SSSR count). The molecule has 5 nitrogen and oxygen atoms in total. The quantitative estimate of drug-likeness (QED) is 0.786. The summed E-state index contributed by atoms with van der Waals surface area (Å²) < 4.78 is 5.27. The largest absolute Gasteiger partial charge is 0.444 e. The SMILES string of the molecule is CN(C(=O)OC(C)(C)C)C(C)(C=O)c1ccccn1. The predicted molar refractivity (Wildman–Crippen MR) is 71.7 cm³/mol. The van der Waals surface area contributed by atoms with Crippen molar-refractivity contribution in [3.63, 3.8) is 0 Å². The Morgan fingerprint density at radius 1 is 1.32 bits per heavy atom. The Labute approximate surface area is 113 Å². The summed E-state index contributed by atoms with van der Waals surface area (Å²) in [7, 11) is 1.52. The fourth-order valence-corrected chi connectivity index (χ4v) is 1.49. The first kappa shape index (κ1) is 15.1. The fourth-order valence-electron chi connectivity index (χ4n) is 1.49. The van der Waals surface area contributed by atoms with Crippen molar-refractivity contribution in [3.8, 4) is 0 Å². The van der Waals surface area contributed by atoms with Gasteiger partial charge in [0.2, 0.25) is 0 Å². The summed E-state index contributed by atoms with van der Waals surface area (Å²) in [5.41, 5.74) is -1.26. The summed E-state index contributed by atoms with van der Waals surface area (Å²) in [5.74, 6) is 0. The number of amides is 1. The van der Waals surface area contributed by atoms with E-state index in [1.54, 1.807) is 52.1 Å². The zero-order valence-electron chi connectivity index (χ0n) is 12.0. The van der Waals surface area contributed by atoms with Crippen molar-refractivity contribution in [2.75, 3.05) is 7.05 Å². The smallest absolute Gasteiger partial charge is 0.411 e. The zero-order chi connectivity index (χ0) is 14.7. The summed E-state index contributed by atoms with van der Waals surface area (Å²) in [6.45, 7) is 6.96. The van der Waals surface area contributed by atoms with Gasteiger partial charge >= 0.3 is 6.09 Å². The second kappa shape index (κ2) is 5.38. The molecular weight excluding hydrogens is 244 g/mol. The van der Waals surface area contributed by atoms with Crippen molar-refractivity contribution < 1.29 is 14.3 Å². The second-order valence-electron chi connectivity index (χ2n) is 5.52. The van der Waals surface area contributed by atoms with Crippen molar-refractivity contribution in [2.45, 2.75) is 38.8 Å². The van der Waals surface area contributed by atoms with E-state index in [0.717, 1.165) is 0 Å². The molecule has 0 fully saturated rings. The van der Waals surface area contributed by atoms with Gasteiger partial charge in [-0.25, -0.2) is 4.79 Å². The lowest BCUT2D eigenvalue weighted by Gasteiger charge is -2.34. The number of hydrogen-bond acceptors (Lipinski definition) is 4. The monoisotopic (exact) mass is 264 g/mol. The molecule has 0 aliphatic rings. The maximum atomic E-state index is 12.1. The molecular formula is C14H20N2O3. The third kappa shape index (κ3) is 3.53. The number of rotatable bonds is 3. The van der Waals surface area contributed by atoms with E-state index in [2.05, 4.69) is 4.98 Å². The van der Waals surface area contributed by atoms with Crippen molar-refractivity contribution in [2.24, 2.45) is 0 Å². The van der Waals surface area contributed by atoms with Gasteiger partial charge < -0.3 is 9.53 Å². The molecule has 0 saturated heterocycles. The average molecular weight is 264 g/mol. The molecule has 1 aromatic rings. The van der Waals surface area contributed by atoms with Crippen molar-refractivity contribution in [1.82, 2.24) is 9.88 Å². The van der Waals surface area contributed by atoms with Gasteiger partial charge in [-0.05, 0) is 39.8 Å². The number of aromatic nitrogens is 1. The van der Waals surface area contributed by atoms with Crippen LogP contribution in [0.15, 0.2) is 24.4 Å². The molecule has 1 unspecified atom stereocenters. The van der Waals surface area contributed by atoms with Crippen LogP contribution < -0.4 is 0 Å². The maximum Gasteiger partial charge on any atom is 0.411 e. The van der Waals surface area contributed by atoms with Crippen LogP contribution >= 0.6 is 0 Å². The van der Waals surface area contributed by atoms with Crippen LogP contribution in [0.1, 0.15) is 33.4 Å². The van der Waals surface area contributed by atoms with E-state index in [1.807, 2.05) is 0 Å². The molecule has 19 heavy (non-hydrogen) atoms. The highest BCUT2D eigenvalue weighted by molar-refractivity contribution is 5.77. The first-order chi connectivity index (χ1) is 8.70. The highest BCUT2D eigenvalue weighted by Crippen LogP contribution is 2.24. The number of aldehydes is 1. The van der Waals surface area contributed by atoms with Gasteiger partial charge in [-0.15, -0.1) is 0 Å². The van der Waals surface area contributed by atoms with Crippen molar-refractivity contribution in [1.29, 1.82) is 0 Å². The lowest BCUT2D eigenvalue weighted by Crippen LogP contribution is -2.48. The molecule has 0 N–H and O–H groups in total. The molecule has 0 saturated carbocycles. The molecule has 104 valence electrons. The van der Waals surface area contributed by atoms with Gasteiger partial charge in [0.05, 0.1) is 5.69 Å². The summed E-state index contributed by atoms with van der Waals surface area (Å²) in [6.07, 6.45) is 1.71. The Kier molecular flexibility index (Phi) is 4.29. The number of likely N-dealkylation sites (N-methyl/N-ethyl adjacent to an activating group) is 1. The summed E-state index contributed by atoms with van der Waals surface area (Å²) >= 11 is 0. The Balaban J connectivity index is 3.03. The molecule has 1 heterocycles. The Morgan fingerprint density at radius 3 is 2.37 bits per heavy atom. The molecule has 1 amide bonds. The van der Waals surface area contributed by atoms with E-state index in [4.69, 9.17) is 4.74 Å². The Hall–Kier alpha value is -1.91. The average Bonchev–Trinajstić information content (AvgIpc) is 2.36. The fraction of sp³-hybridized carbons (Fsp3) is 0.500. The third-order valence-electron chi connectivity index (χ3n) is 2.78. The Morgan fingerprint density at radius 2 is 1.95 bits per heavy atom. The zero-order valence-corrected chi connectivity index (χ0v) is 12.0. The third-order valence-corrected chi connectivity index (χ3v) is 2.78. The van der Waals surface area contributed by atoms with Crippen LogP contribution in [-0.2, 0) is 15.1 Å². The minimum atomic E-state index is -1.15. The van der Waals surface area contributed by atoms with Gasteiger partial charge in [0.1, 0.15) is 11.1 Å². The molecule has 0 bridgehead atoms. The molecule has 0 aliphatic heterocycles. The molecule has 5 heteroatoms. The number of carbonyl (C=O) groups is 2. The number of ether oxygens (including phenoxy) is 1. The van der Waals surface area contributed by atoms with Gasteiger partial charge in [-0.1, -0.05) is 6.07 Å². The number of hydrogen-bond donors (Lipinski definition) is 0. The van der Waals surface area contributed by atoms with Crippen LogP contribution in [0.25, 0.3) is 0 Å². The van der Waals surface area contributed by atoms with E-state index in [9.17, 15) is 9.59 Å². The van der Waals surface area contributed by atoms with Gasteiger partial charge in [-0.3, -0.25) is 9.88 Å². The highest BCUT2D eigenvalue weighted by atomic mass is 16.6. The van der Waals surface area contributed by atoms with Crippen LogP contribution in [0.2, 0.25) is 0 Å². The lowest BCUT2D eigenvalue weighted by atomic mass is 9.97. The van der Waals surface area contributed by atoms with Gasteiger partial charge in [0.25, 0.3) is 0 Å². The Bertz CT molecular complexity index is 454.